The fraction of sp³-hybridized carbons (Fsp3) is 0. The highest BCUT2D eigenvalue weighted by molar-refractivity contribution is 6.15. The van der Waals surface area contributed by atoms with Gasteiger partial charge < -0.3 is 4.90 Å². The lowest BCUT2D eigenvalue weighted by Crippen LogP contribution is -2.10. The maximum atomic E-state index is 4.47. The summed E-state index contributed by atoms with van der Waals surface area (Å²) in [5, 5.41) is 17.0. The Morgan fingerprint density at radius 2 is 0.662 bits per heavy atom. The Labute approximate surface area is 376 Å². The van der Waals surface area contributed by atoms with E-state index in [1.807, 2.05) is 24.8 Å². The van der Waals surface area contributed by atoms with Crippen molar-refractivity contribution in [3.05, 3.63) is 237 Å². The topological polar surface area (TPSA) is 29.0 Å². The largest absolute Gasteiger partial charge is 0.310 e. The molecule has 65 heavy (non-hydrogen) atoms. The summed E-state index contributed by atoms with van der Waals surface area (Å²) in [6.45, 7) is 0. The molecule has 0 aliphatic heterocycles. The van der Waals surface area contributed by atoms with E-state index >= 15 is 0 Å². The summed E-state index contributed by atoms with van der Waals surface area (Å²) in [4.78, 5) is 11.3. The Balaban J connectivity index is 0.926. The molecule has 0 aliphatic carbocycles. The van der Waals surface area contributed by atoms with E-state index in [9.17, 15) is 0 Å². The summed E-state index contributed by atoms with van der Waals surface area (Å²) >= 11 is 0. The lowest BCUT2D eigenvalue weighted by Gasteiger charge is -2.26. The Kier molecular flexibility index (Phi) is 8.53. The highest BCUT2D eigenvalue weighted by atomic mass is 15.1. The molecule has 0 spiro atoms. The third kappa shape index (κ3) is 6.28. The van der Waals surface area contributed by atoms with Crippen molar-refractivity contribution in [3.63, 3.8) is 0 Å². The molecule has 0 atom stereocenters. The normalized spacial score (nSPS) is 11.7. The molecular weight excluding hydrogens is 787 g/mol. The molecule has 13 rings (SSSR count). The van der Waals surface area contributed by atoms with Gasteiger partial charge in [-0.1, -0.05) is 140 Å². The average Bonchev–Trinajstić information content (AvgIpc) is 3.38. The molecule has 0 radical (unpaired) electrons. The van der Waals surface area contributed by atoms with Gasteiger partial charge in [-0.2, -0.15) is 0 Å². The smallest absolute Gasteiger partial charge is 0.0468 e. The van der Waals surface area contributed by atoms with Gasteiger partial charge in [-0.25, -0.2) is 0 Å². The lowest BCUT2D eigenvalue weighted by molar-refractivity contribution is 1.29. The molecule has 2 aromatic heterocycles. The van der Waals surface area contributed by atoms with Crippen molar-refractivity contribution >= 4 is 92.5 Å². The van der Waals surface area contributed by atoms with Gasteiger partial charge in [0.15, 0.2) is 0 Å². The summed E-state index contributed by atoms with van der Waals surface area (Å²) in [5.74, 6) is 0. The third-order valence-corrected chi connectivity index (χ3v) is 13.4. The van der Waals surface area contributed by atoms with Gasteiger partial charge in [0.25, 0.3) is 0 Å². The highest BCUT2D eigenvalue weighted by Crippen LogP contribution is 2.42. The molecule has 0 bridgehead atoms. The molecular formula is C62H39N3. The maximum absolute atomic E-state index is 4.47. The second kappa shape index (κ2) is 15.0. The molecule has 3 heteroatoms. The van der Waals surface area contributed by atoms with Crippen LogP contribution in [0.5, 0.6) is 0 Å². The second-order valence-electron chi connectivity index (χ2n) is 17.0. The number of hydrogen-bond donors (Lipinski definition) is 0. The minimum absolute atomic E-state index is 1.08. The quantitative estimate of drug-likeness (QED) is 0.156. The molecule has 0 fully saturated rings. The van der Waals surface area contributed by atoms with E-state index in [1.165, 1.54) is 86.9 Å². The molecule has 13 aromatic rings. The Bertz CT molecular complexity index is 3840. The summed E-state index contributed by atoms with van der Waals surface area (Å²) in [5.41, 5.74) is 10.4. The summed E-state index contributed by atoms with van der Waals surface area (Å²) < 4.78 is 0. The predicted molar refractivity (Wildman–Crippen MR) is 276 cm³/mol. The number of rotatable bonds is 6. The number of anilines is 3. The molecule has 302 valence electrons. The zero-order valence-corrected chi connectivity index (χ0v) is 35.4. The molecule has 3 nitrogen and oxygen atoms in total. The molecule has 0 amide bonds. The van der Waals surface area contributed by atoms with Crippen molar-refractivity contribution in [2.24, 2.45) is 0 Å². The predicted octanol–water partition coefficient (Wildman–Crippen LogP) is 17.0. The average molecular weight is 826 g/mol. The van der Waals surface area contributed by atoms with E-state index in [1.54, 1.807) is 0 Å². The van der Waals surface area contributed by atoms with Crippen LogP contribution in [0.15, 0.2) is 237 Å². The van der Waals surface area contributed by atoms with Crippen molar-refractivity contribution in [2.45, 2.75) is 0 Å². The fourth-order valence-corrected chi connectivity index (χ4v) is 10.2. The van der Waals surface area contributed by atoms with Crippen LogP contribution in [-0.2, 0) is 0 Å². The van der Waals surface area contributed by atoms with Crippen molar-refractivity contribution in [3.8, 4) is 33.4 Å². The number of pyridine rings is 2. The SMILES string of the molecule is c1ccc2cc(-c3ccc4c(ccc5cc(N(c6ccc(-c7cc8cnccc8c8ccccc78)cc6)c6ccc(-c7cc8cnccc8c8ccccc78)cc6)ccc54)c3)ccc2c1. The van der Waals surface area contributed by atoms with E-state index in [0.29, 0.717) is 0 Å². The minimum atomic E-state index is 1.08. The van der Waals surface area contributed by atoms with E-state index in [4.69, 9.17) is 0 Å². The molecule has 0 N–H and O–H groups in total. The fourth-order valence-electron chi connectivity index (χ4n) is 10.2. The van der Waals surface area contributed by atoms with Crippen LogP contribution < -0.4 is 4.90 Å². The van der Waals surface area contributed by atoms with Crippen LogP contribution in [0.25, 0.3) is 109 Å². The van der Waals surface area contributed by atoms with Crippen LogP contribution in [-0.4, -0.2) is 9.97 Å². The van der Waals surface area contributed by atoms with Crippen LogP contribution in [0.3, 0.4) is 0 Å². The van der Waals surface area contributed by atoms with Crippen molar-refractivity contribution in [2.75, 3.05) is 4.90 Å². The van der Waals surface area contributed by atoms with Gasteiger partial charge >= 0.3 is 0 Å². The second-order valence-corrected chi connectivity index (χ2v) is 17.0. The first kappa shape index (κ1) is 36.9. The Hall–Kier alpha value is -8.66. The van der Waals surface area contributed by atoms with E-state index in [-0.39, 0.29) is 0 Å². The Morgan fingerprint density at radius 3 is 1.25 bits per heavy atom. The van der Waals surface area contributed by atoms with Crippen LogP contribution >= 0.6 is 0 Å². The van der Waals surface area contributed by atoms with Gasteiger partial charge in [0.1, 0.15) is 0 Å². The third-order valence-electron chi connectivity index (χ3n) is 13.4. The van der Waals surface area contributed by atoms with E-state index < -0.39 is 0 Å². The summed E-state index contributed by atoms with van der Waals surface area (Å²) in [7, 11) is 0. The number of fused-ring (bicyclic) bond motifs is 10. The zero-order valence-electron chi connectivity index (χ0n) is 35.4. The van der Waals surface area contributed by atoms with Gasteiger partial charge in [-0.15, -0.1) is 0 Å². The molecule has 0 saturated heterocycles. The molecule has 0 aliphatic rings. The van der Waals surface area contributed by atoms with Gasteiger partial charge in [0.2, 0.25) is 0 Å². The minimum Gasteiger partial charge on any atom is -0.310 e. The van der Waals surface area contributed by atoms with Crippen LogP contribution in [0.2, 0.25) is 0 Å². The zero-order chi connectivity index (χ0) is 42.8. The van der Waals surface area contributed by atoms with Gasteiger partial charge in [-0.3, -0.25) is 9.97 Å². The monoisotopic (exact) mass is 825 g/mol. The van der Waals surface area contributed by atoms with Crippen LogP contribution in [0, 0.1) is 0 Å². The van der Waals surface area contributed by atoms with Crippen LogP contribution in [0.4, 0.5) is 17.1 Å². The van der Waals surface area contributed by atoms with Crippen LogP contribution in [0.1, 0.15) is 0 Å². The Morgan fingerprint density at radius 1 is 0.246 bits per heavy atom. The van der Waals surface area contributed by atoms with Gasteiger partial charge in [-0.05, 0) is 171 Å². The molecule has 11 aromatic carbocycles. The molecule has 0 saturated carbocycles. The number of nitrogens with zero attached hydrogens (tertiary/aromatic N) is 3. The van der Waals surface area contributed by atoms with Crippen molar-refractivity contribution < 1.29 is 0 Å². The summed E-state index contributed by atoms with van der Waals surface area (Å²) in [6.07, 6.45) is 7.69. The first-order valence-electron chi connectivity index (χ1n) is 22.2. The van der Waals surface area contributed by atoms with E-state index in [2.05, 4.69) is 227 Å². The van der Waals surface area contributed by atoms with Gasteiger partial charge in [0.05, 0.1) is 0 Å². The maximum Gasteiger partial charge on any atom is 0.0468 e. The first-order valence-corrected chi connectivity index (χ1v) is 22.2. The number of benzene rings is 11. The van der Waals surface area contributed by atoms with Crippen molar-refractivity contribution in [1.29, 1.82) is 0 Å². The summed E-state index contributed by atoms with van der Waals surface area (Å²) in [6, 6.07) is 77.9. The van der Waals surface area contributed by atoms with Crippen molar-refractivity contribution in [1.82, 2.24) is 9.97 Å². The number of aromatic nitrogens is 2. The van der Waals surface area contributed by atoms with Gasteiger partial charge in [0, 0.05) is 52.6 Å². The van der Waals surface area contributed by atoms with E-state index in [0.717, 1.165) is 39.0 Å². The molecule has 2 heterocycles. The first-order chi connectivity index (χ1) is 32.2. The lowest BCUT2D eigenvalue weighted by atomic mass is 9.93. The highest BCUT2D eigenvalue weighted by Gasteiger charge is 2.17. The number of hydrogen-bond acceptors (Lipinski definition) is 3. The standard InChI is InChI=1S/C62H39N3/c1-2-8-43-33-44(14-13-40(43)7-1)45-21-27-53-46(34-45)15-16-47-35-52(26-28-54(47)53)65(50-22-17-41(18-23-50)61-36-48-38-63-31-29-55(48)57-9-3-5-11-59(57)61)51-24-19-42(20-25-51)62-37-49-39-64-32-30-56(49)58-10-4-6-12-60(58)62/h1-39H. The molecule has 0 unspecified atom stereocenters.